The van der Waals surface area contributed by atoms with Crippen molar-refractivity contribution >= 4 is 17.7 Å². The van der Waals surface area contributed by atoms with Gasteiger partial charge >= 0.3 is 6.61 Å². The molecule has 2 aromatic heterocycles. The molecule has 1 saturated heterocycles. The van der Waals surface area contributed by atoms with Gasteiger partial charge in [0.2, 0.25) is 5.88 Å². The summed E-state index contributed by atoms with van der Waals surface area (Å²) in [5.74, 6) is 0.642. The Morgan fingerprint density at radius 1 is 1.26 bits per heavy atom. The van der Waals surface area contributed by atoms with Gasteiger partial charge in [-0.2, -0.15) is 13.9 Å². The zero-order chi connectivity index (χ0) is 16.1. The van der Waals surface area contributed by atoms with E-state index in [1.165, 1.54) is 17.8 Å². The van der Waals surface area contributed by atoms with Crippen molar-refractivity contribution in [2.24, 2.45) is 0 Å². The van der Waals surface area contributed by atoms with Crippen LogP contribution in [0.3, 0.4) is 0 Å². The summed E-state index contributed by atoms with van der Waals surface area (Å²) in [6, 6.07) is 1.32. The molecule has 0 bridgehead atoms. The molecule has 0 atom stereocenters. The molecule has 0 aliphatic carbocycles. The second-order valence-corrected chi connectivity index (χ2v) is 4.87. The molecule has 2 N–H and O–H groups in total. The number of ether oxygens (including phenoxy) is 2. The molecule has 1 fully saturated rings. The Morgan fingerprint density at radius 3 is 2.87 bits per heavy atom. The second-order valence-electron chi connectivity index (χ2n) is 4.87. The highest BCUT2D eigenvalue weighted by Crippen LogP contribution is 2.20. The third kappa shape index (κ3) is 4.46. The highest BCUT2D eigenvalue weighted by atomic mass is 19.3. The smallest absolute Gasteiger partial charge is 0.388 e. The molecule has 0 aromatic carbocycles. The van der Waals surface area contributed by atoms with Crippen molar-refractivity contribution in [3.63, 3.8) is 0 Å². The third-order valence-corrected chi connectivity index (χ3v) is 3.17. The summed E-state index contributed by atoms with van der Waals surface area (Å²) in [6.07, 6.45) is 6.93. The lowest BCUT2D eigenvalue weighted by Crippen LogP contribution is -2.07. The van der Waals surface area contributed by atoms with Gasteiger partial charge in [-0.05, 0) is 18.9 Å². The zero-order valence-corrected chi connectivity index (χ0v) is 12.1. The van der Waals surface area contributed by atoms with E-state index in [4.69, 9.17) is 4.74 Å². The molecule has 0 amide bonds. The number of aromatic amines is 1. The molecule has 3 rings (SSSR count). The van der Waals surface area contributed by atoms with Crippen LogP contribution in [0.5, 0.6) is 5.88 Å². The summed E-state index contributed by atoms with van der Waals surface area (Å²) >= 11 is 0. The molecule has 0 radical (unpaired) electrons. The number of hydrogen-bond acceptors (Lipinski definition) is 6. The van der Waals surface area contributed by atoms with E-state index in [1.807, 2.05) is 6.08 Å². The van der Waals surface area contributed by atoms with Gasteiger partial charge in [-0.15, -0.1) is 0 Å². The summed E-state index contributed by atoms with van der Waals surface area (Å²) in [6.45, 7) is -1.47. The first-order valence-corrected chi connectivity index (χ1v) is 7.05. The predicted molar refractivity (Wildman–Crippen MR) is 78.6 cm³/mol. The minimum atomic E-state index is -2.91. The van der Waals surface area contributed by atoms with E-state index >= 15 is 0 Å². The van der Waals surface area contributed by atoms with Gasteiger partial charge in [-0.1, -0.05) is 5.57 Å². The van der Waals surface area contributed by atoms with Crippen molar-refractivity contribution in [1.82, 2.24) is 20.2 Å². The fourth-order valence-corrected chi connectivity index (χ4v) is 2.15. The van der Waals surface area contributed by atoms with E-state index < -0.39 is 6.61 Å². The Balaban J connectivity index is 1.68. The first kappa shape index (κ1) is 15.3. The molecule has 3 heterocycles. The van der Waals surface area contributed by atoms with E-state index in [-0.39, 0.29) is 5.88 Å². The van der Waals surface area contributed by atoms with E-state index in [1.54, 1.807) is 6.20 Å². The number of halogens is 2. The molecule has 9 heteroatoms. The Bertz CT molecular complexity index is 681. The second kappa shape index (κ2) is 7.14. The van der Waals surface area contributed by atoms with E-state index in [2.05, 4.69) is 30.2 Å². The van der Waals surface area contributed by atoms with Crippen molar-refractivity contribution < 1.29 is 18.3 Å². The van der Waals surface area contributed by atoms with Crippen LogP contribution in [0.1, 0.15) is 18.5 Å². The highest BCUT2D eigenvalue weighted by Gasteiger charge is 2.09. The average molecular weight is 323 g/mol. The molecule has 23 heavy (non-hydrogen) atoms. The van der Waals surface area contributed by atoms with Crippen LogP contribution in [0.25, 0.3) is 6.08 Å². The minimum Gasteiger partial charge on any atom is -0.417 e. The van der Waals surface area contributed by atoms with Crippen molar-refractivity contribution in [1.29, 1.82) is 0 Å². The van der Waals surface area contributed by atoms with Crippen LogP contribution >= 0.6 is 0 Å². The van der Waals surface area contributed by atoms with Gasteiger partial charge in [0.1, 0.15) is 0 Å². The molecule has 1 aliphatic heterocycles. The largest absolute Gasteiger partial charge is 0.417 e. The van der Waals surface area contributed by atoms with Crippen molar-refractivity contribution in [2.75, 3.05) is 18.5 Å². The van der Waals surface area contributed by atoms with Crippen LogP contribution in [-0.2, 0) is 4.74 Å². The van der Waals surface area contributed by atoms with Crippen LogP contribution in [-0.4, -0.2) is 40.0 Å². The zero-order valence-electron chi connectivity index (χ0n) is 12.1. The molecular weight excluding hydrogens is 308 g/mol. The predicted octanol–water partition coefficient (Wildman–Crippen LogP) is 2.74. The standard InChI is InChI=1S/C14H15F2N5O2/c15-14(16)23-13-6-11(20-21-13)19-12-8-17-7-10(18-12)5-9-1-3-22-4-2-9/h5-8,14H,1-4H2,(H2,18,19,20,21). The maximum atomic E-state index is 12.1. The van der Waals surface area contributed by atoms with Gasteiger partial charge in [-0.3, -0.25) is 4.98 Å². The lowest BCUT2D eigenvalue weighted by molar-refractivity contribution is -0.0528. The SMILES string of the molecule is FC(F)Oc1cc(Nc2cncc(C=C3CCOCC3)n2)n[nH]1. The lowest BCUT2D eigenvalue weighted by atomic mass is 10.1. The van der Waals surface area contributed by atoms with Crippen LogP contribution in [0, 0.1) is 0 Å². The molecule has 1 aliphatic rings. The van der Waals surface area contributed by atoms with Crippen LogP contribution in [0.2, 0.25) is 0 Å². The van der Waals surface area contributed by atoms with Crippen molar-refractivity contribution in [3.8, 4) is 5.88 Å². The number of anilines is 2. The molecular formula is C14H15F2N5O2. The summed E-state index contributed by atoms with van der Waals surface area (Å²) in [4.78, 5) is 8.51. The van der Waals surface area contributed by atoms with Crippen molar-refractivity contribution in [2.45, 2.75) is 19.5 Å². The fraction of sp³-hybridized carbons (Fsp3) is 0.357. The molecule has 0 spiro atoms. The monoisotopic (exact) mass is 323 g/mol. The maximum Gasteiger partial charge on any atom is 0.388 e. The fourth-order valence-electron chi connectivity index (χ4n) is 2.15. The number of nitrogens with one attached hydrogen (secondary N) is 2. The van der Waals surface area contributed by atoms with Gasteiger partial charge in [0.25, 0.3) is 0 Å². The summed E-state index contributed by atoms with van der Waals surface area (Å²) in [7, 11) is 0. The normalized spacial score (nSPS) is 14.8. The minimum absolute atomic E-state index is 0.129. The molecule has 122 valence electrons. The summed E-state index contributed by atoms with van der Waals surface area (Å²) in [5.41, 5.74) is 1.97. The first-order chi connectivity index (χ1) is 11.2. The number of nitrogens with zero attached hydrogens (tertiary/aromatic N) is 3. The number of hydrogen-bond donors (Lipinski definition) is 2. The molecule has 0 unspecified atom stereocenters. The topological polar surface area (TPSA) is 84.9 Å². The number of H-pyrrole nitrogens is 1. The van der Waals surface area contributed by atoms with Gasteiger partial charge in [0, 0.05) is 6.07 Å². The summed E-state index contributed by atoms with van der Waals surface area (Å²) < 4.78 is 33.7. The Hall–Kier alpha value is -2.55. The average Bonchev–Trinajstić information content (AvgIpc) is 2.95. The van der Waals surface area contributed by atoms with Crippen LogP contribution < -0.4 is 10.1 Å². The van der Waals surface area contributed by atoms with Crippen LogP contribution in [0.4, 0.5) is 20.4 Å². The van der Waals surface area contributed by atoms with E-state index in [9.17, 15) is 8.78 Å². The van der Waals surface area contributed by atoms with Gasteiger partial charge < -0.3 is 14.8 Å². The maximum absolute atomic E-state index is 12.1. The lowest BCUT2D eigenvalue weighted by Gasteiger charge is -2.14. The number of aromatic nitrogens is 4. The van der Waals surface area contributed by atoms with E-state index in [0.29, 0.717) is 17.3 Å². The number of alkyl halides is 2. The molecule has 0 saturated carbocycles. The van der Waals surface area contributed by atoms with Crippen LogP contribution in [0.15, 0.2) is 24.0 Å². The quantitative estimate of drug-likeness (QED) is 0.880. The Kier molecular flexibility index (Phi) is 4.77. The third-order valence-electron chi connectivity index (χ3n) is 3.17. The Morgan fingerprint density at radius 2 is 2.09 bits per heavy atom. The Labute approximate surface area is 130 Å². The highest BCUT2D eigenvalue weighted by molar-refractivity contribution is 5.55. The van der Waals surface area contributed by atoms with Gasteiger partial charge in [-0.25, -0.2) is 10.1 Å². The van der Waals surface area contributed by atoms with E-state index in [0.717, 1.165) is 26.1 Å². The molecule has 2 aromatic rings. The summed E-state index contributed by atoms with van der Waals surface area (Å²) in [5, 5.41) is 9.05. The van der Waals surface area contributed by atoms with Gasteiger partial charge in [0.05, 0.1) is 31.3 Å². The first-order valence-electron chi connectivity index (χ1n) is 7.05. The molecule has 7 nitrogen and oxygen atoms in total. The van der Waals surface area contributed by atoms with Gasteiger partial charge in [0.15, 0.2) is 11.6 Å². The van der Waals surface area contributed by atoms with Crippen molar-refractivity contribution in [3.05, 3.63) is 29.7 Å². The number of rotatable bonds is 5.